The summed E-state index contributed by atoms with van der Waals surface area (Å²) in [6, 6.07) is 24.2. The lowest BCUT2D eigenvalue weighted by Crippen LogP contribution is -2.07. The van der Waals surface area contributed by atoms with E-state index in [2.05, 4.69) is 0 Å². The second-order valence-corrected chi connectivity index (χ2v) is 8.00. The van der Waals surface area contributed by atoms with Gasteiger partial charge in [0, 0.05) is 0 Å². The van der Waals surface area contributed by atoms with Crippen molar-refractivity contribution in [3.05, 3.63) is 130 Å². The molecule has 34 heavy (non-hydrogen) atoms. The summed E-state index contributed by atoms with van der Waals surface area (Å²) < 4.78 is 81.3. The Bertz CT molecular complexity index is 1320. The van der Waals surface area contributed by atoms with Crippen LogP contribution in [0.15, 0.2) is 97.1 Å². The number of alkyl halides is 6. The maximum Gasteiger partial charge on any atom is 0.416 e. The lowest BCUT2D eigenvalue weighted by atomic mass is 9.87. The Morgan fingerprint density at radius 1 is 0.441 bits per heavy atom. The molecule has 0 aromatic heterocycles. The van der Waals surface area contributed by atoms with Crippen LogP contribution in [0.25, 0.3) is 22.3 Å². The molecule has 4 aromatic carbocycles. The molecule has 0 atom stereocenters. The van der Waals surface area contributed by atoms with Gasteiger partial charge >= 0.3 is 12.4 Å². The summed E-state index contributed by atoms with van der Waals surface area (Å²) in [5.41, 5.74) is 2.84. The Hall–Kier alpha value is -3.80. The van der Waals surface area contributed by atoms with Gasteiger partial charge in [-0.1, -0.05) is 72.8 Å². The lowest BCUT2D eigenvalue weighted by molar-refractivity contribution is -0.138. The van der Waals surface area contributed by atoms with Crippen LogP contribution in [0.5, 0.6) is 0 Å². The highest BCUT2D eigenvalue weighted by Gasteiger charge is 2.34. The smallest absolute Gasteiger partial charge is 0.166 e. The van der Waals surface area contributed by atoms with E-state index in [1.165, 1.54) is 24.3 Å². The van der Waals surface area contributed by atoms with Crippen LogP contribution in [0.1, 0.15) is 33.4 Å². The second kappa shape index (κ2) is 7.90. The SMILES string of the molecule is FC(F)(F)c1cccc(C(=C2c3ccccc3-c3ccccc32)c2cccc(C(F)(F)F)c2)c1. The van der Waals surface area contributed by atoms with Crippen molar-refractivity contribution in [3.63, 3.8) is 0 Å². The van der Waals surface area contributed by atoms with E-state index in [1.807, 2.05) is 36.4 Å². The molecule has 0 N–H and O–H groups in total. The average molecular weight is 466 g/mol. The van der Waals surface area contributed by atoms with Gasteiger partial charge in [0.2, 0.25) is 0 Å². The number of benzene rings is 4. The number of hydrogen-bond donors (Lipinski definition) is 0. The Kier molecular flexibility index (Phi) is 5.12. The highest BCUT2D eigenvalue weighted by Crippen LogP contribution is 2.49. The molecular formula is C28H16F6. The molecule has 1 aliphatic rings. The van der Waals surface area contributed by atoms with E-state index in [9.17, 15) is 26.3 Å². The molecule has 0 saturated carbocycles. The first-order valence-electron chi connectivity index (χ1n) is 10.4. The number of halogens is 6. The van der Waals surface area contributed by atoms with Crippen LogP contribution in [-0.4, -0.2) is 0 Å². The van der Waals surface area contributed by atoms with E-state index in [-0.39, 0.29) is 11.1 Å². The fourth-order valence-corrected chi connectivity index (χ4v) is 4.44. The molecule has 0 nitrogen and oxygen atoms in total. The third-order valence-electron chi connectivity index (χ3n) is 5.89. The second-order valence-electron chi connectivity index (χ2n) is 8.00. The van der Waals surface area contributed by atoms with Crippen molar-refractivity contribution in [3.8, 4) is 11.1 Å². The molecule has 4 aromatic rings. The Labute approximate surface area is 191 Å². The predicted molar refractivity (Wildman–Crippen MR) is 120 cm³/mol. The molecule has 0 heterocycles. The number of fused-ring (bicyclic) bond motifs is 3. The molecule has 0 saturated heterocycles. The predicted octanol–water partition coefficient (Wildman–Crippen LogP) is 8.71. The quantitative estimate of drug-likeness (QED) is 0.228. The minimum absolute atomic E-state index is 0.190. The molecule has 5 rings (SSSR count). The van der Waals surface area contributed by atoms with Gasteiger partial charge in [0.25, 0.3) is 0 Å². The van der Waals surface area contributed by atoms with Crippen molar-refractivity contribution in [1.82, 2.24) is 0 Å². The van der Waals surface area contributed by atoms with Gasteiger partial charge in [-0.25, -0.2) is 0 Å². The summed E-state index contributed by atoms with van der Waals surface area (Å²) in [6.45, 7) is 0. The molecule has 0 fully saturated rings. The molecule has 0 aliphatic heterocycles. The van der Waals surface area contributed by atoms with E-state index < -0.39 is 23.5 Å². The van der Waals surface area contributed by atoms with Gasteiger partial charge in [0.1, 0.15) is 0 Å². The summed E-state index contributed by atoms with van der Waals surface area (Å²) >= 11 is 0. The van der Waals surface area contributed by atoms with E-state index in [1.54, 1.807) is 12.1 Å². The summed E-state index contributed by atoms with van der Waals surface area (Å²) in [6.07, 6.45) is -9.18. The summed E-state index contributed by atoms with van der Waals surface area (Å²) in [5, 5.41) is 0. The zero-order valence-corrected chi connectivity index (χ0v) is 17.5. The minimum atomic E-state index is -4.59. The first kappa shape index (κ1) is 22.0. The minimum Gasteiger partial charge on any atom is -0.166 e. The topological polar surface area (TPSA) is 0 Å². The van der Waals surface area contributed by atoms with E-state index in [0.29, 0.717) is 11.1 Å². The number of hydrogen-bond acceptors (Lipinski definition) is 0. The maximum absolute atomic E-state index is 13.5. The first-order chi connectivity index (χ1) is 16.1. The van der Waals surface area contributed by atoms with Crippen LogP contribution in [0, 0.1) is 0 Å². The van der Waals surface area contributed by atoms with Crippen molar-refractivity contribution in [2.75, 3.05) is 0 Å². The molecule has 0 radical (unpaired) electrons. The average Bonchev–Trinajstić information content (AvgIpc) is 3.13. The van der Waals surface area contributed by atoms with Crippen molar-refractivity contribution >= 4 is 11.1 Å². The van der Waals surface area contributed by atoms with Crippen molar-refractivity contribution in [1.29, 1.82) is 0 Å². The van der Waals surface area contributed by atoms with Crippen molar-refractivity contribution in [2.24, 2.45) is 0 Å². The van der Waals surface area contributed by atoms with Gasteiger partial charge < -0.3 is 0 Å². The third kappa shape index (κ3) is 3.79. The van der Waals surface area contributed by atoms with Gasteiger partial charge in [-0.2, -0.15) is 26.3 Å². The lowest BCUT2D eigenvalue weighted by Gasteiger charge is -2.18. The Balaban J connectivity index is 1.89. The van der Waals surface area contributed by atoms with E-state index in [4.69, 9.17) is 0 Å². The van der Waals surface area contributed by atoms with Crippen LogP contribution in [0.2, 0.25) is 0 Å². The molecule has 0 spiro atoms. The fourth-order valence-electron chi connectivity index (χ4n) is 4.44. The zero-order valence-electron chi connectivity index (χ0n) is 17.5. The highest BCUT2D eigenvalue weighted by atomic mass is 19.4. The van der Waals surface area contributed by atoms with Crippen LogP contribution in [0.3, 0.4) is 0 Å². The van der Waals surface area contributed by atoms with Gasteiger partial charge in [-0.3, -0.25) is 0 Å². The summed E-state index contributed by atoms with van der Waals surface area (Å²) in [4.78, 5) is 0. The highest BCUT2D eigenvalue weighted by molar-refractivity contribution is 6.13. The van der Waals surface area contributed by atoms with Crippen LogP contribution in [0.4, 0.5) is 26.3 Å². The molecule has 6 heteroatoms. The summed E-state index contributed by atoms with van der Waals surface area (Å²) in [7, 11) is 0. The first-order valence-corrected chi connectivity index (χ1v) is 10.4. The third-order valence-corrected chi connectivity index (χ3v) is 5.89. The maximum atomic E-state index is 13.5. The summed E-state index contributed by atoms with van der Waals surface area (Å²) in [5.74, 6) is 0. The van der Waals surface area contributed by atoms with Crippen molar-refractivity contribution in [2.45, 2.75) is 12.4 Å². The van der Waals surface area contributed by atoms with E-state index in [0.717, 1.165) is 46.5 Å². The van der Waals surface area contributed by atoms with Crippen molar-refractivity contribution < 1.29 is 26.3 Å². The molecule has 0 unspecified atom stereocenters. The Morgan fingerprint density at radius 3 is 1.21 bits per heavy atom. The Morgan fingerprint density at radius 2 is 0.824 bits per heavy atom. The molecule has 0 amide bonds. The monoisotopic (exact) mass is 466 g/mol. The molecular weight excluding hydrogens is 450 g/mol. The van der Waals surface area contributed by atoms with Crippen LogP contribution < -0.4 is 0 Å². The number of rotatable bonds is 2. The van der Waals surface area contributed by atoms with Gasteiger partial charge in [-0.15, -0.1) is 0 Å². The normalized spacial score (nSPS) is 12.9. The van der Waals surface area contributed by atoms with Crippen LogP contribution in [-0.2, 0) is 12.4 Å². The fraction of sp³-hybridized carbons (Fsp3) is 0.0714. The van der Waals surface area contributed by atoms with Gasteiger partial charge in [0.05, 0.1) is 11.1 Å². The molecule has 170 valence electrons. The van der Waals surface area contributed by atoms with Gasteiger partial charge in [-0.05, 0) is 68.8 Å². The largest absolute Gasteiger partial charge is 0.416 e. The molecule has 1 aliphatic carbocycles. The van der Waals surface area contributed by atoms with E-state index >= 15 is 0 Å². The van der Waals surface area contributed by atoms with Crippen LogP contribution >= 0.6 is 0 Å². The van der Waals surface area contributed by atoms with Gasteiger partial charge in [0.15, 0.2) is 0 Å². The zero-order chi connectivity index (χ0) is 24.1. The molecule has 0 bridgehead atoms. The standard InChI is InChI=1S/C28H16F6/c29-27(30,31)19-9-5-7-17(15-19)25(18-8-6-10-20(16-18)28(32,33)34)26-23-13-3-1-11-21(23)22-12-2-4-14-24(22)26/h1-16H.